The first-order valence-corrected chi connectivity index (χ1v) is 12.5. The van der Waals surface area contributed by atoms with Gasteiger partial charge in [-0.1, -0.05) is 11.6 Å². The summed E-state index contributed by atoms with van der Waals surface area (Å²) < 4.78 is 15.6. The number of halogens is 2. The maximum absolute atomic E-state index is 13.5. The molecule has 0 aliphatic carbocycles. The minimum Gasteiger partial charge on any atom is -0.316 e. The molecule has 2 aliphatic rings. The SMILES string of the molecule is CC1(C)CNC(C=O)N1CCN1CCC(c2cn(-c3ccc(F)cc3)c3ccc(Cl)cc23)CC1. The normalized spacial score (nSPS) is 21.9. The molecule has 5 nitrogen and oxygen atoms in total. The molecule has 1 unspecified atom stereocenters. The zero-order valence-corrected chi connectivity index (χ0v) is 20.6. The second-order valence-electron chi connectivity index (χ2n) is 10.2. The van der Waals surface area contributed by atoms with Crippen LogP contribution in [0.1, 0.15) is 38.2 Å². The van der Waals surface area contributed by atoms with Gasteiger partial charge in [0.25, 0.3) is 0 Å². The van der Waals surface area contributed by atoms with Crippen molar-refractivity contribution in [2.24, 2.45) is 0 Å². The van der Waals surface area contributed by atoms with E-state index in [2.05, 4.69) is 51.9 Å². The minimum atomic E-state index is -0.233. The molecule has 1 atom stereocenters. The smallest absolute Gasteiger partial charge is 0.151 e. The molecule has 1 aromatic heterocycles. The van der Waals surface area contributed by atoms with E-state index in [0.29, 0.717) is 5.92 Å². The molecule has 2 saturated heterocycles. The fourth-order valence-corrected chi connectivity index (χ4v) is 5.76. The summed E-state index contributed by atoms with van der Waals surface area (Å²) in [5.41, 5.74) is 3.35. The number of likely N-dealkylation sites (tertiary alicyclic amines) is 1. The molecule has 3 heterocycles. The summed E-state index contributed by atoms with van der Waals surface area (Å²) in [6, 6.07) is 12.7. The fraction of sp³-hybridized carbons (Fsp3) is 0.444. The molecule has 2 fully saturated rings. The second kappa shape index (κ2) is 9.42. The van der Waals surface area contributed by atoms with Crippen molar-refractivity contribution < 1.29 is 9.18 Å². The number of nitrogens with zero attached hydrogens (tertiary/aromatic N) is 3. The first-order valence-electron chi connectivity index (χ1n) is 12.1. The number of benzene rings is 2. The Labute approximate surface area is 205 Å². The van der Waals surface area contributed by atoms with E-state index < -0.39 is 0 Å². The molecule has 7 heteroatoms. The second-order valence-corrected chi connectivity index (χ2v) is 10.6. The maximum Gasteiger partial charge on any atom is 0.151 e. The molecule has 0 radical (unpaired) electrons. The van der Waals surface area contributed by atoms with Crippen molar-refractivity contribution in [2.45, 2.75) is 44.3 Å². The zero-order valence-electron chi connectivity index (χ0n) is 19.8. The van der Waals surface area contributed by atoms with Gasteiger partial charge in [-0.25, -0.2) is 4.39 Å². The largest absolute Gasteiger partial charge is 0.316 e. The van der Waals surface area contributed by atoms with E-state index in [4.69, 9.17) is 11.6 Å². The monoisotopic (exact) mass is 482 g/mol. The molecule has 0 saturated carbocycles. The van der Waals surface area contributed by atoms with Crippen LogP contribution in [-0.2, 0) is 4.79 Å². The Kier molecular flexibility index (Phi) is 6.51. The van der Waals surface area contributed by atoms with Crippen molar-refractivity contribution in [3.63, 3.8) is 0 Å². The van der Waals surface area contributed by atoms with Gasteiger partial charge in [-0.2, -0.15) is 0 Å². The summed E-state index contributed by atoms with van der Waals surface area (Å²) >= 11 is 6.38. The van der Waals surface area contributed by atoms with Crippen molar-refractivity contribution in [1.29, 1.82) is 0 Å². The Morgan fingerprint density at radius 2 is 1.85 bits per heavy atom. The molecular weight excluding hydrogens is 451 g/mol. The summed E-state index contributed by atoms with van der Waals surface area (Å²) in [7, 11) is 0. The zero-order chi connectivity index (χ0) is 23.9. The van der Waals surface area contributed by atoms with Crippen molar-refractivity contribution >= 4 is 28.8 Å². The van der Waals surface area contributed by atoms with Gasteiger partial charge in [-0.3, -0.25) is 10.2 Å². The van der Waals surface area contributed by atoms with Crippen LogP contribution in [0.5, 0.6) is 0 Å². The molecule has 34 heavy (non-hydrogen) atoms. The lowest BCUT2D eigenvalue weighted by atomic mass is 9.89. The maximum atomic E-state index is 13.5. The number of aldehydes is 1. The van der Waals surface area contributed by atoms with Crippen LogP contribution in [-0.4, -0.2) is 65.1 Å². The molecular formula is C27H32ClFN4O. The highest BCUT2D eigenvalue weighted by atomic mass is 35.5. The predicted octanol–water partition coefficient (Wildman–Crippen LogP) is 4.81. The summed E-state index contributed by atoms with van der Waals surface area (Å²) in [5.74, 6) is 0.218. The van der Waals surface area contributed by atoms with Gasteiger partial charge >= 0.3 is 0 Å². The van der Waals surface area contributed by atoms with Gasteiger partial charge in [-0.15, -0.1) is 0 Å². The average molecular weight is 483 g/mol. The molecule has 0 bridgehead atoms. The van der Waals surface area contributed by atoms with Gasteiger partial charge in [-0.05, 0) is 93.7 Å². The average Bonchev–Trinajstić information content (AvgIpc) is 3.34. The van der Waals surface area contributed by atoms with Gasteiger partial charge in [0.2, 0.25) is 0 Å². The Hall–Kier alpha value is -2.25. The van der Waals surface area contributed by atoms with Gasteiger partial charge in [0.1, 0.15) is 12.0 Å². The molecule has 180 valence electrons. The molecule has 0 amide bonds. The van der Waals surface area contributed by atoms with E-state index in [9.17, 15) is 9.18 Å². The highest BCUT2D eigenvalue weighted by Crippen LogP contribution is 2.37. The van der Waals surface area contributed by atoms with Crippen LogP contribution < -0.4 is 5.32 Å². The summed E-state index contributed by atoms with van der Waals surface area (Å²) in [6.45, 7) is 9.12. The van der Waals surface area contributed by atoms with Crippen LogP contribution >= 0.6 is 11.6 Å². The molecule has 5 rings (SSSR count). The summed E-state index contributed by atoms with van der Waals surface area (Å²) in [5, 5.41) is 5.21. The van der Waals surface area contributed by atoms with Gasteiger partial charge in [0.05, 0.1) is 5.52 Å². The molecule has 2 aliphatic heterocycles. The van der Waals surface area contributed by atoms with Gasteiger partial charge in [0.15, 0.2) is 6.29 Å². The molecule has 2 aromatic carbocycles. The number of carbonyl (C=O) groups is 1. The number of piperidine rings is 1. The van der Waals surface area contributed by atoms with Crippen LogP contribution in [0.4, 0.5) is 4.39 Å². The fourth-order valence-electron chi connectivity index (χ4n) is 5.59. The topological polar surface area (TPSA) is 40.5 Å². The standard InChI is InChI=1S/C27H32ClFN4O/c1-27(2)18-30-26(17-34)33(27)14-13-31-11-9-19(10-12-31)24-16-32(22-6-4-21(29)5-7-22)25-8-3-20(28)15-23(24)25/h3-8,15-17,19,26,30H,9-14,18H2,1-2H3. The van der Waals surface area contributed by atoms with E-state index in [1.54, 1.807) is 0 Å². The molecule has 3 aromatic rings. The van der Waals surface area contributed by atoms with Crippen LogP contribution in [0.15, 0.2) is 48.7 Å². The highest BCUT2D eigenvalue weighted by molar-refractivity contribution is 6.31. The van der Waals surface area contributed by atoms with Crippen LogP contribution in [0, 0.1) is 5.82 Å². The Morgan fingerprint density at radius 3 is 2.56 bits per heavy atom. The third kappa shape index (κ3) is 4.52. The number of aromatic nitrogens is 1. The van der Waals surface area contributed by atoms with E-state index in [0.717, 1.165) is 68.1 Å². The lowest BCUT2D eigenvalue weighted by Crippen LogP contribution is -2.49. The third-order valence-electron chi connectivity index (χ3n) is 7.57. The number of nitrogens with one attached hydrogen (secondary N) is 1. The number of carbonyl (C=O) groups excluding carboxylic acids is 1. The first kappa shape index (κ1) is 23.5. The van der Waals surface area contributed by atoms with E-state index in [1.165, 1.54) is 23.1 Å². The summed E-state index contributed by atoms with van der Waals surface area (Å²) in [6.07, 6.45) is 5.20. The number of hydrogen-bond donors (Lipinski definition) is 1. The molecule has 0 spiro atoms. The van der Waals surface area contributed by atoms with Gasteiger partial charge < -0.3 is 14.3 Å². The lowest BCUT2D eigenvalue weighted by molar-refractivity contribution is -0.113. The van der Waals surface area contributed by atoms with Crippen LogP contribution in [0.3, 0.4) is 0 Å². The minimum absolute atomic E-state index is 0.00858. The van der Waals surface area contributed by atoms with E-state index >= 15 is 0 Å². The highest BCUT2D eigenvalue weighted by Gasteiger charge is 2.38. The van der Waals surface area contributed by atoms with E-state index in [1.807, 2.05) is 18.2 Å². The summed E-state index contributed by atoms with van der Waals surface area (Å²) in [4.78, 5) is 16.3. The first-order chi connectivity index (χ1) is 16.4. The number of fused-ring (bicyclic) bond motifs is 1. The Bertz CT molecular complexity index is 1170. The Morgan fingerprint density at radius 1 is 1.12 bits per heavy atom. The number of rotatable bonds is 6. The van der Waals surface area contributed by atoms with Crippen molar-refractivity contribution in [1.82, 2.24) is 19.7 Å². The quantitative estimate of drug-likeness (QED) is 0.512. The predicted molar refractivity (Wildman–Crippen MR) is 135 cm³/mol. The van der Waals surface area contributed by atoms with Crippen molar-refractivity contribution in [3.8, 4) is 5.69 Å². The lowest BCUT2D eigenvalue weighted by Gasteiger charge is -2.37. The van der Waals surface area contributed by atoms with Crippen LogP contribution in [0.25, 0.3) is 16.6 Å². The van der Waals surface area contributed by atoms with Crippen molar-refractivity contribution in [2.75, 3.05) is 32.7 Å². The van der Waals surface area contributed by atoms with E-state index in [-0.39, 0.29) is 17.5 Å². The number of hydrogen-bond acceptors (Lipinski definition) is 4. The van der Waals surface area contributed by atoms with Crippen molar-refractivity contribution in [3.05, 3.63) is 65.1 Å². The van der Waals surface area contributed by atoms with Gasteiger partial charge in [0, 0.05) is 47.5 Å². The Balaban J connectivity index is 1.31. The third-order valence-corrected chi connectivity index (χ3v) is 7.81. The van der Waals surface area contributed by atoms with Crippen LogP contribution in [0.2, 0.25) is 5.02 Å². The molecule has 1 N–H and O–H groups in total.